The molecule has 1 aromatic rings. The molecule has 0 bridgehead atoms. The van der Waals surface area contributed by atoms with E-state index < -0.39 is 10.8 Å². The van der Waals surface area contributed by atoms with Gasteiger partial charge in [0.25, 0.3) is 0 Å². The number of ether oxygens (including phenoxy) is 2. The second kappa shape index (κ2) is 6.39. The minimum absolute atomic E-state index is 0.126. The average molecular weight is 256 g/mol. The zero-order valence-electron chi connectivity index (χ0n) is 10.1. The Morgan fingerprint density at radius 3 is 2.59 bits per heavy atom. The summed E-state index contributed by atoms with van der Waals surface area (Å²) in [5.41, 5.74) is 0. The van der Waals surface area contributed by atoms with Gasteiger partial charge in [-0.1, -0.05) is 12.1 Å². The highest BCUT2D eigenvalue weighted by Crippen LogP contribution is 2.24. The van der Waals surface area contributed by atoms with Gasteiger partial charge in [0.05, 0.1) is 36.3 Å². The van der Waals surface area contributed by atoms with Gasteiger partial charge in [-0.2, -0.15) is 0 Å². The molecule has 0 saturated heterocycles. The molecule has 2 atom stereocenters. The first-order valence-electron chi connectivity index (χ1n) is 5.20. The largest absolute Gasteiger partial charge is 0.495 e. The second-order valence-corrected chi connectivity index (χ2v) is 5.38. The van der Waals surface area contributed by atoms with E-state index in [1.165, 1.54) is 14.2 Å². The topological polar surface area (TPSA) is 52.6 Å². The SMILES string of the molecule is COC(=O)CC(C)S(=O)c1ccccc1OC. The summed E-state index contributed by atoms with van der Waals surface area (Å²) >= 11 is 0. The lowest BCUT2D eigenvalue weighted by atomic mass is 10.3. The molecule has 2 unspecified atom stereocenters. The summed E-state index contributed by atoms with van der Waals surface area (Å²) in [4.78, 5) is 11.7. The third-order valence-corrected chi connectivity index (χ3v) is 4.00. The van der Waals surface area contributed by atoms with Crippen molar-refractivity contribution in [1.82, 2.24) is 0 Å². The predicted octanol–water partition coefficient (Wildman–Crippen LogP) is 1.75. The molecule has 17 heavy (non-hydrogen) atoms. The van der Waals surface area contributed by atoms with Gasteiger partial charge in [-0.3, -0.25) is 9.00 Å². The maximum absolute atomic E-state index is 12.2. The average Bonchev–Trinajstić information content (AvgIpc) is 2.37. The lowest BCUT2D eigenvalue weighted by Crippen LogP contribution is -2.17. The van der Waals surface area contributed by atoms with E-state index in [4.69, 9.17) is 4.74 Å². The number of hydrogen-bond acceptors (Lipinski definition) is 4. The standard InChI is InChI=1S/C12H16O4S/c1-9(8-12(13)16-3)17(14)11-7-5-4-6-10(11)15-2/h4-7,9H,8H2,1-3H3. The van der Waals surface area contributed by atoms with Crippen molar-refractivity contribution >= 4 is 16.8 Å². The van der Waals surface area contributed by atoms with E-state index in [1.54, 1.807) is 25.1 Å². The van der Waals surface area contributed by atoms with Gasteiger partial charge in [0.15, 0.2) is 0 Å². The van der Waals surface area contributed by atoms with Crippen molar-refractivity contribution in [1.29, 1.82) is 0 Å². The molecule has 0 heterocycles. The third kappa shape index (κ3) is 3.56. The van der Waals surface area contributed by atoms with Crippen LogP contribution >= 0.6 is 0 Å². The van der Waals surface area contributed by atoms with E-state index in [9.17, 15) is 9.00 Å². The molecule has 94 valence electrons. The summed E-state index contributed by atoms with van der Waals surface area (Å²) in [6.45, 7) is 1.75. The number of esters is 1. The van der Waals surface area contributed by atoms with Gasteiger partial charge in [0, 0.05) is 5.25 Å². The van der Waals surface area contributed by atoms with Crippen molar-refractivity contribution in [2.24, 2.45) is 0 Å². The van der Waals surface area contributed by atoms with Crippen LogP contribution in [-0.2, 0) is 20.3 Å². The molecule has 0 aliphatic rings. The molecule has 0 spiro atoms. The Morgan fingerprint density at radius 2 is 2.00 bits per heavy atom. The highest BCUT2D eigenvalue weighted by atomic mass is 32.2. The van der Waals surface area contributed by atoms with Crippen LogP contribution < -0.4 is 4.74 Å². The molecule has 4 nitrogen and oxygen atoms in total. The Morgan fingerprint density at radius 1 is 1.35 bits per heavy atom. The number of carbonyl (C=O) groups excluding carboxylic acids is 1. The zero-order valence-corrected chi connectivity index (χ0v) is 11.0. The van der Waals surface area contributed by atoms with Crippen molar-refractivity contribution in [3.05, 3.63) is 24.3 Å². The lowest BCUT2D eigenvalue weighted by Gasteiger charge is -2.12. The first-order valence-corrected chi connectivity index (χ1v) is 6.41. The van der Waals surface area contributed by atoms with Crippen LogP contribution in [0.15, 0.2) is 29.2 Å². The van der Waals surface area contributed by atoms with Crippen LogP contribution in [-0.4, -0.2) is 29.6 Å². The van der Waals surface area contributed by atoms with Crippen LogP contribution in [0.3, 0.4) is 0 Å². The molecule has 0 aliphatic carbocycles. The maximum atomic E-state index is 12.2. The fourth-order valence-electron chi connectivity index (χ4n) is 1.40. The summed E-state index contributed by atoms with van der Waals surface area (Å²) in [6.07, 6.45) is 0.126. The number of benzene rings is 1. The highest BCUT2D eigenvalue weighted by molar-refractivity contribution is 7.85. The Hall–Kier alpha value is -1.36. The van der Waals surface area contributed by atoms with Crippen LogP contribution in [0, 0.1) is 0 Å². The van der Waals surface area contributed by atoms with E-state index in [2.05, 4.69) is 4.74 Å². The van der Waals surface area contributed by atoms with Gasteiger partial charge in [-0.25, -0.2) is 0 Å². The second-order valence-electron chi connectivity index (χ2n) is 3.54. The fourth-order valence-corrected chi connectivity index (χ4v) is 2.68. The maximum Gasteiger partial charge on any atom is 0.306 e. The van der Waals surface area contributed by atoms with E-state index in [-0.39, 0.29) is 17.6 Å². The molecule has 0 saturated carbocycles. The summed E-state index contributed by atoms with van der Waals surface area (Å²) in [5.74, 6) is 0.211. The molecule has 0 fully saturated rings. The van der Waals surface area contributed by atoms with Crippen LogP contribution in [0.5, 0.6) is 5.75 Å². The van der Waals surface area contributed by atoms with E-state index in [1.807, 2.05) is 6.07 Å². The van der Waals surface area contributed by atoms with Crippen molar-refractivity contribution in [3.63, 3.8) is 0 Å². The normalized spacial score (nSPS) is 13.8. The van der Waals surface area contributed by atoms with Gasteiger partial charge in [-0.15, -0.1) is 0 Å². The van der Waals surface area contributed by atoms with Crippen LogP contribution in [0.4, 0.5) is 0 Å². The quantitative estimate of drug-likeness (QED) is 0.753. The fraction of sp³-hybridized carbons (Fsp3) is 0.417. The molecule has 0 amide bonds. The molecular formula is C12H16O4S. The number of para-hydroxylation sites is 1. The molecule has 5 heteroatoms. The number of methoxy groups -OCH3 is 2. The van der Waals surface area contributed by atoms with Crippen molar-refractivity contribution in [2.75, 3.05) is 14.2 Å². The van der Waals surface area contributed by atoms with Gasteiger partial charge >= 0.3 is 5.97 Å². The Bertz CT molecular complexity index is 417. The number of carbonyl (C=O) groups is 1. The molecule has 0 aliphatic heterocycles. The van der Waals surface area contributed by atoms with Gasteiger partial charge < -0.3 is 9.47 Å². The number of rotatable bonds is 5. The third-order valence-electron chi connectivity index (χ3n) is 2.33. The van der Waals surface area contributed by atoms with Crippen molar-refractivity contribution < 1.29 is 18.5 Å². The van der Waals surface area contributed by atoms with Crippen LogP contribution in [0.25, 0.3) is 0 Å². The van der Waals surface area contributed by atoms with Crippen LogP contribution in [0.1, 0.15) is 13.3 Å². The Balaban J connectivity index is 2.85. The zero-order chi connectivity index (χ0) is 12.8. The predicted molar refractivity (Wildman–Crippen MR) is 65.5 cm³/mol. The highest BCUT2D eigenvalue weighted by Gasteiger charge is 2.20. The Labute approximate surface area is 103 Å². The molecular weight excluding hydrogens is 240 g/mol. The smallest absolute Gasteiger partial charge is 0.306 e. The minimum atomic E-state index is -1.29. The first kappa shape index (κ1) is 13.7. The van der Waals surface area contributed by atoms with Crippen molar-refractivity contribution in [3.8, 4) is 5.75 Å². The number of hydrogen-bond donors (Lipinski definition) is 0. The molecule has 0 radical (unpaired) electrons. The van der Waals surface area contributed by atoms with E-state index in [0.29, 0.717) is 10.6 Å². The summed E-state index contributed by atoms with van der Waals surface area (Å²) in [6, 6.07) is 7.09. The summed E-state index contributed by atoms with van der Waals surface area (Å²) < 4.78 is 21.9. The molecule has 0 N–H and O–H groups in total. The Kier molecular flexibility index (Phi) is 5.15. The van der Waals surface area contributed by atoms with Crippen molar-refractivity contribution in [2.45, 2.75) is 23.5 Å². The summed E-state index contributed by atoms with van der Waals surface area (Å²) in [5, 5.41) is -0.307. The molecule has 1 rings (SSSR count). The van der Waals surface area contributed by atoms with E-state index >= 15 is 0 Å². The molecule has 0 aromatic heterocycles. The molecule has 1 aromatic carbocycles. The summed E-state index contributed by atoms with van der Waals surface area (Å²) in [7, 11) is 1.56. The monoisotopic (exact) mass is 256 g/mol. The van der Waals surface area contributed by atoms with E-state index in [0.717, 1.165) is 0 Å². The van der Waals surface area contributed by atoms with Crippen LogP contribution in [0.2, 0.25) is 0 Å². The lowest BCUT2D eigenvalue weighted by molar-refractivity contribution is -0.140. The first-order chi connectivity index (χ1) is 8.10. The van der Waals surface area contributed by atoms with Gasteiger partial charge in [0.2, 0.25) is 0 Å². The minimum Gasteiger partial charge on any atom is -0.495 e. The van der Waals surface area contributed by atoms with Gasteiger partial charge in [-0.05, 0) is 19.1 Å². The van der Waals surface area contributed by atoms with Gasteiger partial charge in [0.1, 0.15) is 5.75 Å².